The van der Waals surface area contributed by atoms with E-state index >= 15 is 0 Å². The third-order valence-corrected chi connectivity index (χ3v) is 4.33. The van der Waals surface area contributed by atoms with Gasteiger partial charge in [-0.15, -0.1) is 13.2 Å². The highest BCUT2D eigenvalue weighted by Crippen LogP contribution is 2.26. The first-order chi connectivity index (χ1) is 11.5. The van der Waals surface area contributed by atoms with Gasteiger partial charge in [-0.2, -0.15) is 0 Å². The van der Waals surface area contributed by atoms with E-state index in [4.69, 9.17) is 0 Å². The standard InChI is InChI=1S/C16H14F3N3OS/c17-16(18,19)23-13-5-1-3-11(7-13)8-21-15-22-14(10-24-15)12-4-2-6-20-9-12/h1-7,9,14H,8,10H2,(H,21,22). The van der Waals surface area contributed by atoms with Gasteiger partial charge in [0.05, 0.1) is 12.6 Å². The number of nitrogens with zero attached hydrogens (tertiary/aromatic N) is 2. The highest BCUT2D eigenvalue weighted by Gasteiger charge is 2.31. The van der Waals surface area contributed by atoms with Crippen molar-refractivity contribution in [1.82, 2.24) is 10.3 Å². The van der Waals surface area contributed by atoms with Gasteiger partial charge in [-0.25, -0.2) is 0 Å². The Labute approximate surface area is 141 Å². The molecule has 4 nitrogen and oxygen atoms in total. The zero-order valence-electron chi connectivity index (χ0n) is 12.5. The van der Waals surface area contributed by atoms with Crippen LogP contribution in [0, 0.1) is 0 Å². The van der Waals surface area contributed by atoms with E-state index in [1.807, 2.05) is 12.1 Å². The molecule has 2 aromatic rings. The van der Waals surface area contributed by atoms with E-state index in [2.05, 4.69) is 20.0 Å². The summed E-state index contributed by atoms with van der Waals surface area (Å²) in [5.41, 5.74) is 1.73. The Hall–Kier alpha value is -2.22. The molecule has 0 spiro atoms. The molecule has 0 bridgehead atoms. The van der Waals surface area contributed by atoms with Gasteiger partial charge in [0.2, 0.25) is 0 Å². The van der Waals surface area contributed by atoms with Crippen LogP contribution in [0.25, 0.3) is 0 Å². The first-order valence-corrected chi connectivity index (χ1v) is 8.16. The van der Waals surface area contributed by atoms with E-state index in [0.717, 1.165) is 16.5 Å². The second-order valence-electron chi connectivity index (χ2n) is 5.11. The van der Waals surface area contributed by atoms with Gasteiger partial charge >= 0.3 is 6.36 Å². The normalized spacial score (nSPS) is 19.3. The fraction of sp³-hybridized carbons (Fsp3) is 0.250. The lowest BCUT2D eigenvalue weighted by Crippen LogP contribution is -2.19. The molecule has 8 heteroatoms. The number of benzene rings is 1. The molecule has 1 aliphatic heterocycles. The molecule has 1 aromatic heterocycles. The molecule has 24 heavy (non-hydrogen) atoms. The smallest absolute Gasteiger partial charge is 0.406 e. The molecule has 0 aliphatic carbocycles. The van der Waals surface area contributed by atoms with Crippen LogP contribution in [0.2, 0.25) is 0 Å². The van der Waals surface area contributed by atoms with Crippen molar-refractivity contribution in [3.05, 3.63) is 59.9 Å². The van der Waals surface area contributed by atoms with Gasteiger partial charge in [-0.3, -0.25) is 9.98 Å². The van der Waals surface area contributed by atoms with E-state index in [9.17, 15) is 13.2 Å². The molecule has 1 N–H and O–H groups in total. The molecule has 1 aliphatic rings. The van der Waals surface area contributed by atoms with Crippen LogP contribution in [0.3, 0.4) is 0 Å². The van der Waals surface area contributed by atoms with Gasteiger partial charge in [0, 0.05) is 18.1 Å². The Balaban J connectivity index is 1.61. The van der Waals surface area contributed by atoms with E-state index < -0.39 is 6.36 Å². The van der Waals surface area contributed by atoms with E-state index in [0.29, 0.717) is 5.56 Å². The van der Waals surface area contributed by atoms with E-state index in [-0.39, 0.29) is 18.3 Å². The minimum Gasteiger partial charge on any atom is -0.406 e. The number of pyridine rings is 1. The Morgan fingerprint density at radius 2 is 2.17 bits per heavy atom. The summed E-state index contributed by atoms with van der Waals surface area (Å²) in [6, 6.07) is 9.86. The van der Waals surface area contributed by atoms with Crippen molar-refractivity contribution >= 4 is 16.9 Å². The van der Waals surface area contributed by atoms with Gasteiger partial charge in [0.15, 0.2) is 5.17 Å². The van der Waals surface area contributed by atoms with Crippen molar-refractivity contribution in [3.63, 3.8) is 0 Å². The zero-order chi connectivity index (χ0) is 17.0. The van der Waals surface area contributed by atoms with Crippen LogP contribution in [0.5, 0.6) is 5.75 Å². The molecule has 0 saturated carbocycles. The summed E-state index contributed by atoms with van der Waals surface area (Å²) >= 11 is 1.58. The molecule has 3 rings (SSSR count). The quantitative estimate of drug-likeness (QED) is 0.905. The summed E-state index contributed by atoms with van der Waals surface area (Å²) in [4.78, 5) is 8.51. The van der Waals surface area contributed by atoms with Crippen LogP contribution in [0.4, 0.5) is 13.2 Å². The number of rotatable bonds is 4. The minimum atomic E-state index is -4.69. The number of amidine groups is 1. The molecule has 2 heterocycles. The molecule has 1 unspecified atom stereocenters. The molecule has 126 valence electrons. The number of halogens is 3. The maximum Gasteiger partial charge on any atom is 0.573 e. The first-order valence-electron chi connectivity index (χ1n) is 7.18. The fourth-order valence-electron chi connectivity index (χ4n) is 2.25. The number of hydrogen-bond acceptors (Lipinski definition) is 4. The predicted octanol–water partition coefficient (Wildman–Crippen LogP) is 3.91. The molecular formula is C16H14F3N3OS. The maximum atomic E-state index is 12.2. The van der Waals surface area contributed by atoms with E-state index in [1.54, 1.807) is 30.2 Å². The molecule has 0 amide bonds. The van der Waals surface area contributed by atoms with Gasteiger partial charge in [0.25, 0.3) is 0 Å². The number of aliphatic imine (C=N–C) groups is 1. The second-order valence-corrected chi connectivity index (χ2v) is 6.12. The van der Waals surface area contributed by atoms with Crippen LogP contribution in [-0.4, -0.2) is 22.3 Å². The fourth-order valence-corrected chi connectivity index (χ4v) is 3.23. The number of aromatic nitrogens is 1. The summed E-state index contributed by atoms with van der Waals surface area (Å²) in [6.07, 6.45) is -1.17. The van der Waals surface area contributed by atoms with Crippen LogP contribution in [-0.2, 0) is 6.54 Å². The molecular weight excluding hydrogens is 339 g/mol. The second kappa shape index (κ2) is 7.12. The number of hydrogen-bond donors (Lipinski definition) is 1. The molecule has 0 radical (unpaired) electrons. The summed E-state index contributed by atoms with van der Waals surface area (Å²) < 4.78 is 40.6. The third-order valence-electron chi connectivity index (χ3n) is 3.31. The highest BCUT2D eigenvalue weighted by atomic mass is 32.2. The van der Waals surface area contributed by atoms with Gasteiger partial charge in [-0.1, -0.05) is 30.0 Å². The lowest BCUT2D eigenvalue weighted by Gasteiger charge is -2.10. The number of nitrogens with one attached hydrogen (secondary N) is 1. The Morgan fingerprint density at radius 1 is 1.29 bits per heavy atom. The van der Waals surface area contributed by atoms with Crippen molar-refractivity contribution in [3.8, 4) is 5.75 Å². The average molecular weight is 353 g/mol. The molecule has 1 atom stereocenters. The average Bonchev–Trinajstić information content (AvgIpc) is 3.01. The SMILES string of the molecule is FC(F)(F)Oc1cccc(CN=C2NC(c3cccnc3)CS2)c1. The number of thioether (sulfide) groups is 1. The third kappa shape index (κ3) is 4.64. The van der Waals surface area contributed by atoms with Crippen molar-refractivity contribution in [2.24, 2.45) is 4.99 Å². The summed E-state index contributed by atoms with van der Waals surface area (Å²) in [5, 5.41) is 4.06. The number of alkyl halides is 3. The lowest BCUT2D eigenvalue weighted by atomic mass is 10.1. The summed E-state index contributed by atoms with van der Waals surface area (Å²) in [5.74, 6) is 0.599. The predicted molar refractivity (Wildman–Crippen MR) is 86.8 cm³/mol. The Kier molecular flexibility index (Phi) is 4.94. The largest absolute Gasteiger partial charge is 0.573 e. The van der Waals surface area contributed by atoms with Crippen molar-refractivity contribution in [1.29, 1.82) is 0 Å². The zero-order valence-corrected chi connectivity index (χ0v) is 13.3. The minimum absolute atomic E-state index is 0.141. The highest BCUT2D eigenvalue weighted by molar-refractivity contribution is 8.14. The molecule has 1 saturated heterocycles. The van der Waals surface area contributed by atoms with Gasteiger partial charge in [-0.05, 0) is 29.3 Å². The first kappa shape index (κ1) is 16.6. The number of ether oxygens (including phenoxy) is 1. The summed E-state index contributed by atoms with van der Waals surface area (Å²) in [6.45, 7) is 0.282. The Bertz CT molecular complexity index is 722. The lowest BCUT2D eigenvalue weighted by molar-refractivity contribution is -0.274. The maximum absolute atomic E-state index is 12.2. The van der Waals surface area contributed by atoms with Gasteiger partial charge < -0.3 is 10.1 Å². The molecule has 1 aromatic carbocycles. The topological polar surface area (TPSA) is 46.5 Å². The summed E-state index contributed by atoms with van der Waals surface area (Å²) in [7, 11) is 0. The van der Waals surface area contributed by atoms with Crippen molar-refractivity contribution < 1.29 is 17.9 Å². The van der Waals surface area contributed by atoms with Crippen molar-refractivity contribution in [2.45, 2.75) is 18.9 Å². The van der Waals surface area contributed by atoms with Crippen LogP contribution >= 0.6 is 11.8 Å². The van der Waals surface area contributed by atoms with Crippen LogP contribution in [0.15, 0.2) is 53.8 Å². The van der Waals surface area contributed by atoms with E-state index in [1.165, 1.54) is 18.2 Å². The molecule has 1 fully saturated rings. The van der Waals surface area contributed by atoms with Crippen LogP contribution < -0.4 is 10.1 Å². The van der Waals surface area contributed by atoms with Crippen molar-refractivity contribution in [2.75, 3.05) is 5.75 Å². The Morgan fingerprint density at radius 3 is 2.92 bits per heavy atom. The van der Waals surface area contributed by atoms with Crippen LogP contribution in [0.1, 0.15) is 17.2 Å². The van der Waals surface area contributed by atoms with Gasteiger partial charge in [0.1, 0.15) is 5.75 Å². The monoisotopic (exact) mass is 353 g/mol.